The van der Waals surface area contributed by atoms with Crippen molar-refractivity contribution in [2.24, 2.45) is 0 Å². The van der Waals surface area contributed by atoms with Crippen molar-refractivity contribution in [2.45, 2.75) is 50.3 Å². The molecule has 0 radical (unpaired) electrons. The van der Waals surface area contributed by atoms with Gasteiger partial charge in [0, 0.05) is 13.1 Å². The van der Waals surface area contributed by atoms with Gasteiger partial charge in [0.05, 0.1) is 23.6 Å². The molecule has 1 heterocycles. The first kappa shape index (κ1) is 21.4. The minimum atomic E-state index is -3.92. The van der Waals surface area contributed by atoms with E-state index in [4.69, 9.17) is 8.92 Å². The third kappa shape index (κ3) is 5.79. The van der Waals surface area contributed by atoms with Gasteiger partial charge in [0.1, 0.15) is 5.60 Å². The Labute approximate surface area is 161 Å². The van der Waals surface area contributed by atoms with Gasteiger partial charge in [0.25, 0.3) is 10.1 Å². The fourth-order valence-electron chi connectivity index (χ4n) is 2.74. The number of aryl methyl sites for hydroxylation is 1. The van der Waals surface area contributed by atoms with Crippen LogP contribution >= 0.6 is 0 Å². The molecule has 27 heavy (non-hydrogen) atoms. The van der Waals surface area contributed by atoms with Crippen LogP contribution in [0.4, 0.5) is 4.79 Å². The Balaban J connectivity index is 2.15. The lowest BCUT2D eigenvalue weighted by Gasteiger charge is -2.41. The average Bonchev–Trinajstić information content (AvgIpc) is 2.58. The van der Waals surface area contributed by atoms with Gasteiger partial charge in [-0.1, -0.05) is 23.8 Å². The molecular weight excluding hydrogens is 368 g/mol. The predicted octanol–water partition coefficient (Wildman–Crippen LogP) is 2.46. The van der Waals surface area contributed by atoms with Crippen LogP contribution in [0.15, 0.2) is 41.8 Å². The molecule has 1 aromatic carbocycles. The lowest BCUT2D eigenvalue weighted by atomic mass is 10.1. The smallest absolute Gasteiger partial charge is 0.411 e. The SMILES string of the molecule is C=C[C@@H]1CNC[C@@H](COS(=O)(=O)c2ccc(C)cc2)N1C(=O)OC(C)(C)C. The zero-order valence-corrected chi connectivity index (χ0v) is 17.1. The Morgan fingerprint density at radius 1 is 1.30 bits per heavy atom. The topological polar surface area (TPSA) is 84.9 Å². The van der Waals surface area contributed by atoms with Crippen molar-refractivity contribution in [3.8, 4) is 0 Å². The van der Waals surface area contributed by atoms with Crippen LogP contribution in [0.3, 0.4) is 0 Å². The summed E-state index contributed by atoms with van der Waals surface area (Å²) in [4.78, 5) is 14.2. The number of carbonyl (C=O) groups is 1. The van der Waals surface area contributed by atoms with E-state index in [0.717, 1.165) is 5.56 Å². The maximum absolute atomic E-state index is 12.6. The molecule has 8 heteroatoms. The van der Waals surface area contributed by atoms with Crippen LogP contribution in [0.1, 0.15) is 26.3 Å². The van der Waals surface area contributed by atoms with Gasteiger partial charge in [-0.15, -0.1) is 6.58 Å². The molecule has 1 saturated heterocycles. The number of carbonyl (C=O) groups excluding carboxylic acids is 1. The highest BCUT2D eigenvalue weighted by Crippen LogP contribution is 2.20. The normalized spacial score (nSPS) is 21.0. The average molecular weight is 397 g/mol. The van der Waals surface area contributed by atoms with E-state index in [-0.39, 0.29) is 17.5 Å². The molecule has 1 amide bonds. The first-order chi connectivity index (χ1) is 12.5. The van der Waals surface area contributed by atoms with Crippen molar-refractivity contribution in [3.05, 3.63) is 42.5 Å². The number of benzene rings is 1. The van der Waals surface area contributed by atoms with Gasteiger partial charge in [0.15, 0.2) is 0 Å². The zero-order chi connectivity index (χ0) is 20.2. The molecule has 2 atom stereocenters. The molecule has 1 aromatic rings. The van der Waals surface area contributed by atoms with Gasteiger partial charge < -0.3 is 10.1 Å². The number of ether oxygens (including phenoxy) is 1. The monoisotopic (exact) mass is 396 g/mol. The van der Waals surface area contributed by atoms with Crippen LogP contribution in [0.5, 0.6) is 0 Å². The van der Waals surface area contributed by atoms with Gasteiger partial charge in [-0.2, -0.15) is 8.42 Å². The van der Waals surface area contributed by atoms with Gasteiger partial charge in [-0.25, -0.2) is 4.79 Å². The summed E-state index contributed by atoms with van der Waals surface area (Å²) in [6.45, 7) is 11.7. The molecule has 1 aliphatic rings. The first-order valence-corrected chi connectivity index (χ1v) is 10.2. The van der Waals surface area contributed by atoms with E-state index in [0.29, 0.717) is 13.1 Å². The van der Waals surface area contributed by atoms with Crippen molar-refractivity contribution in [1.29, 1.82) is 0 Å². The molecule has 1 N–H and O–H groups in total. The minimum Gasteiger partial charge on any atom is -0.444 e. The fraction of sp³-hybridized carbons (Fsp3) is 0.526. The van der Waals surface area contributed by atoms with Crippen LogP contribution in [-0.2, 0) is 19.0 Å². The van der Waals surface area contributed by atoms with Crippen LogP contribution in [0.25, 0.3) is 0 Å². The van der Waals surface area contributed by atoms with Crippen molar-refractivity contribution in [2.75, 3.05) is 19.7 Å². The molecule has 0 bridgehead atoms. The second kappa shape index (κ2) is 8.41. The Kier molecular flexibility index (Phi) is 6.67. The van der Waals surface area contributed by atoms with Crippen LogP contribution in [0, 0.1) is 6.92 Å². The van der Waals surface area contributed by atoms with Crippen molar-refractivity contribution >= 4 is 16.2 Å². The van der Waals surface area contributed by atoms with E-state index in [1.165, 1.54) is 17.0 Å². The van der Waals surface area contributed by atoms with Crippen LogP contribution in [-0.4, -0.2) is 56.8 Å². The highest BCUT2D eigenvalue weighted by molar-refractivity contribution is 7.86. The molecule has 1 aliphatic heterocycles. The summed E-state index contributed by atoms with van der Waals surface area (Å²) >= 11 is 0. The molecule has 2 rings (SSSR count). The third-order valence-corrected chi connectivity index (χ3v) is 5.38. The standard InChI is InChI=1S/C19H28N2O5S/c1-6-15-11-20-12-16(21(15)18(22)26-19(3,4)5)13-25-27(23,24)17-9-7-14(2)8-10-17/h6-10,15-16,20H,1,11-13H2,2-5H3/t15-,16+/m1/s1. The molecule has 0 spiro atoms. The highest BCUT2D eigenvalue weighted by Gasteiger charge is 2.36. The summed E-state index contributed by atoms with van der Waals surface area (Å²) in [6, 6.07) is 5.60. The maximum atomic E-state index is 12.6. The van der Waals surface area contributed by atoms with Crippen molar-refractivity contribution in [1.82, 2.24) is 10.2 Å². The summed E-state index contributed by atoms with van der Waals surface area (Å²) in [5.74, 6) is 0. The molecule has 7 nitrogen and oxygen atoms in total. The summed E-state index contributed by atoms with van der Waals surface area (Å²) in [7, 11) is -3.92. The van der Waals surface area contributed by atoms with E-state index in [1.807, 2.05) is 6.92 Å². The van der Waals surface area contributed by atoms with Gasteiger partial charge in [-0.3, -0.25) is 9.08 Å². The van der Waals surface area contributed by atoms with Crippen molar-refractivity contribution in [3.63, 3.8) is 0 Å². The number of rotatable bonds is 5. The van der Waals surface area contributed by atoms with Gasteiger partial charge >= 0.3 is 6.09 Å². The van der Waals surface area contributed by atoms with Crippen LogP contribution in [0.2, 0.25) is 0 Å². The number of hydrogen-bond acceptors (Lipinski definition) is 6. The Hall–Kier alpha value is -1.90. The van der Waals surface area contributed by atoms with E-state index in [2.05, 4.69) is 11.9 Å². The number of nitrogens with zero attached hydrogens (tertiary/aromatic N) is 1. The summed E-state index contributed by atoms with van der Waals surface area (Å²) in [5, 5.41) is 3.17. The molecule has 0 aromatic heterocycles. The quantitative estimate of drug-likeness (QED) is 0.608. The molecule has 150 valence electrons. The zero-order valence-electron chi connectivity index (χ0n) is 16.3. The van der Waals surface area contributed by atoms with Crippen molar-refractivity contribution < 1.29 is 22.1 Å². The van der Waals surface area contributed by atoms with Crippen LogP contribution < -0.4 is 5.32 Å². The first-order valence-electron chi connectivity index (χ1n) is 8.84. The summed E-state index contributed by atoms with van der Waals surface area (Å²) < 4.78 is 35.6. The molecule has 0 aliphatic carbocycles. The van der Waals surface area contributed by atoms with E-state index in [9.17, 15) is 13.2 Å². The van der Waals surface area contributed by atoms with Gasteiger partial charge in [-0.05, 0) is 39.8 Å². The summed E-state index contributed by atoms with van der Waals surface area (Å²) in [5.41, 5.74) is 0.294. The van der Waals surface area contributed by atoms with E-state index in [1.54, 1.807) is 39.0 Å². The fourth-order valence-corrected chi connectivity index (χ4v) is 3.68. The Morgan fingerprint density at radius 3 is 2.48 bits per heavy atom. The largest absolute Gasteiger partial charge is 0.444 e. The number of piperazine rings is 1. The third-order valence-electron chi connectivity index (χ3n) is 4.09. The lowest BCUT2D eigenvalue weighted by molar-refractivity contribution is -0.00216. The second-order valence-corrected chi connectivity index (χ2v) is 9.17. The second-order valence-electron chi connectivity index (χ2n) is 7.55. The van der Waals surface area contributed by atoms with E-state index >= 15 is 0 Å². The molecule has 1 fully saturated rings. The molecular formula is C19H28N2O5S. The van der Waals surface area contributed by atoms with Gasteiger partial charge in [0.2, 0.25) is 0 Å². The lowest BCUT2D eigenvalue weighted by Crippen LogP contribution is -2.61. The number of amides is 1. The summed E-state index contributed by atoms with van der Waals surface area (Å²) in [6.07, 6.45) is 1.12. The number of nitrogens with one attached hydrogen (secondary N) is 1. The molecule has 0 saturated carbocycles. The predicted molar refractivity (Wildman–Crippen MR) is 103 cm³/mol. The Morgan fingerprint density at radius 2 is 1.93 bits per heavy atom. The maximum Gasteiger partial charge on any atom is 0.411 e. The Bertz CT molecular complexity index is 768. The minimum absolute atomic E-state index is 0.0842. The molecule has 0 unspecified atom stereocenters. The van der Waals surface area contributed by atoms with E-state index < -0.39 is 27.9 Å². The number of hydrogen-bond donors (Lipinski definition) is 1. The highest BCUT2D eigenvalue weighted by atomic mass is 32.2.